The SMILES string of the molecule is CCC1CN(Cc2ccc(Br)cc2)CCC1O. The fourth-order valence-corrected chi connectivity index (χ4v) is 2.75. The molecule has 1 N–H and O–H groups in total. The van der Waals surface area contributed by atoms with E-state index in [9.17, 15) is 5.11 Å². The van der Waals surface area contributed by atoms with Gasteiger partial charge in [0.05, 0.1) is 6.10 Å². The first kappa shape index (κ1) is 13.1. The number of halogens is 1. The average molecular weight is 298 g/mol. The molecule has 2 atom stereocenters. The summed E-state index contributed by atoms with van der Waals surface area (Å²) in [5.74, 6) is 0.444. The number of aliphatic hydroxyl groups excluding tert-OH is 1. The Hall–Kier alpha value is -0.380. The van der Waals surface area contributed by atoms with Gasteiger partial charge in [-0.25, -0.2) is 0 Å². The molecule has 1 aliphatic rings. The fourth-order valence-electron chi connectivity index (χ4n) is 2.49. The summed E-state index contributed by atoms with van der Waals surface area (Å²) in [6, 6.07) is 8.50. The first-order valence-electron chi connectivity index (χ1n) is 6.34. The van der Waals surface area contributed by atoms with E-state index in [1.807, 2.05) is 0 Å². The molecule has 0 amide bonds. The Labute approximate surface area is 112 Å². The highest BCUT2D eigenvalue weighted by Crippen LogP contribution is 2.22. The first-order valence-corrected chi connectivity index (χ1v) is 7.13. The maximum atomic E-state index is 9.86. The molecule has 0 aromatic heterocycles. The second-order valence-corrected chi connectivity index (χ2v) is 5.80. The minimum Gasteiger partial charge on any atom is -0.393 e. The molecule has 0 spiro atoms. The van der Waals surface area contributed by atoms with E-state index in [-0.39, 0.29) is 6.10 Å². The van der Waals surface area contributed by atoms with Crippen molar-refractivity contribution in [1.82, 2.24) is 4.90 Å². The normalized spacial score (nSPS) is 26.1. The molecule has 17 heavy (non-hydrogen) atoms. The van der Waals surface area contributed by atoms with Crippen molar-refractivity contribution in [3.63, 3.8) is 0 Å². The second kappa shape index (κ2) is 5.98. The van der Waals surface area contributed by atoms with Crippen molar-refractivity contribution in [1.29, 1.82) is 0 Å². The zero-order valence-electron chi connectivity index (χ0n) is 10.3. The topological polar surface area (TPSA) is 23.5 Å². The lowest BCUT2D eigenvalue weighted by Crippen LogP contribution is -2.42. The molecular weight excluding hydrogens is 278 g/mol. The standard InChI is InChI=1S/C14H20BrNO/c1-2-12-10-16(8-7-14(12)17)9-11-3-5-13(15)6-4-11/h3-6,12,14,17H,2,7-10H2,1H3. The smallest absolute Gasteiger partial charge is 0.0592 e. The molecule has 2 rings (SSSR count). The molecule has 3 heteroatoms. The molecule has 1 aromatic rings. The lowest BCUT2D eigenvalue weighted by atomic mass is 9.92. The minimum absolute atomic E-state index is 0.0961. The number of nitrogens with zero attached hydrogens (tertiary/aromatic N) is 1. The molecule has 0 bridgehead atoms. The molecule has 1 aromatic carbocycles. The maximum Gasteiger partial charge on any atom is 0.0592 e. The molecule has 2 nitrogen and oxygen atoms in total. The van der Waals surface area contributed by atoms with Crippen LogP contribution in [0.4, 0.5) is 0 Å². The second-order valence-electron chi connectivity index (χ2n) is 4.89. The van der Waals surface area contributed by atoms with Gasteiger partial charge in [-0.15, -0.1) is 0 Å². The maximum absolute atomic E-state index is 9.86. The number of rotatable bonds is 3. The first-order chi connectivity index (χ1) is 8.19. The highest BCUT2D eigenvalue weighted by atomic mass is 79.9. The lowest BCUT2D eigenvalue weighted by molar-refractivity contribution is 0.0222. The highest BCUT2D eigenvalue weighted by molar-refractivity contribution is 9.10. The number of piperidine rings is 1. The summed E-state index contributed by atoms with van der Waals surface area (Å²) < 4.78 is 1.13. The molecule has 0 saturated carbocycles. The predicted molar refractivity (Wildman–Crippen MR) is 73.8 cm³/mol. The van der Waals surface area contributed by atoms with Gasteiger partial charge in [-0.05, 0) is 36.5 Å². The van der Waals surface area contributed by atoms with Gasteiger partial charge in [-0.3, -0.25) is 4.90 Å². The van der Waals surface area contributed by atoms with Crippen molar-refractivity contribution in [2.24, 2.45) is 5.92 Å². The number of hydrogen-bond acceptors (Lipinski definition) is 2. The van der Waals surface area contributed by atoms with Gasteiger partial charge in [0.25, 0.3) is 0 Å². The average Bonchev–Trinajstić information content (AvgIpc) is 2.34. The Morgan fingerprint density at radius 2 is 2.06 bits per heavy atom. The van der Waals surface area contributed by atoms with Crippen LogP contribution in [0.3, 0.4) is 0 Å². The van der Waals surface area contributed by atoms with Gasteiger partial charge in [-0.1, -0.05) is 35.0 Å². The van der Waals surface area contributed by atoms with Crippen molar-refractivity contribution in [2.45, 2.75) is 32.4 Å². The summed E-state index contributed by atoms with van der Waals surface area (Å²) in [7, 11) is 0. The molecule has 1 heterocycles. The summed E-state index contributed by atoms with van der Waals surface area (Å²) in [5, 5.41) is 9.86. The summed E-state index contributed by atoms with van der Waals surface area (Å²) in [4.78, 5) is 2.45. The van der Waals surface area contributed by atoms with Gasteiger partial charge < -0.3 is 5.11 Å². The molecule has 2 unspecified atom stereocenters. The van der Waals surface area contributed by atoms with E-state index >= 15 is 0 Å². The third-order valence-electron chi connectivity index (χ3n) is 3.62. The Morgan fingerprint density at radius 3 is 2.71 bits per heavy atom. The van der Waals surface area contributed by atoms with E-state index in [4.69, 9.17) is 0 Å². The summed E-state index contributed by atoms with van der Waals surface area (Å²) in [6.07, 6.45) is 1.88. The van der Waals surface area contributed by atoms with Crippen LogP contribution in [0.2, 0.25) is 0 Å². The summed E-state index contributed by atoms with van der Waals surface area (Å²) in [6.45, 7) is 5.19. The van der Waals surface area contributed by atoms with Crippen molar-refractivity contribution in [3.05, 3.63) is 34.3 Å². The number of aliphatic hydroxyl groups is 1. The van der Waals surface area contributed by atoms with E-state index in [2.05, 4.69) is 52.0 Å². The Balaban J connectivity index is 1.93. The van der Waals surface area contributed by atoms with Crippen LogP contribution in [0.15, 0.2) is 28.7 Å². The Bertz CT molecular complexity index is 352. The molecule has 1 aliphatic heterocycles. The monoisotopic (exact) mass is 297 g/mol. The van der Waals surface area contributed by atoms with Gasteiger partial charge in [0.2, 0.25) is 0 Å². The van der Waals surface area contributed by atoms with Crippen LogP contribution in [0.25, 0.3) is 0 Å². The van der Waals surface area contributed by atoms with Crippen molar-refractivity contribution in [3.8, 4) is 0 Å². The Kier molecular flexibility index (Phi) is 4.60. The van der Waals surface area contributed by atoms with E-state index in [0.717, 1.165) is 36.9 Å². The third-order valence-corrected chi connectivity index (χ3v) is 4.15. The van der Waals surface area contributed by atoms with Gasteiger partial charge in [0.15, 0.2) is 0 Å². The zero-order valence-corrected chi connectivity index (χ0v) is 11.9. The summed E-state index contributed by atoms with van der Waals surface area (Å²) >= 11 is 3.45. The minimum atomic E-state index is -0.0961. The Morgan fingerprint density at radius 1 is 1.35 bits per heavy atom. The van der Waals surface area contributed by atoms with Crippen LogP contribution in [0.5, 0.6) is 0 Å². The largest absolute Gasteiger partial charge is 0.393 e. The van der Waals surface area contributed by atoms with E-state index in [1.165, 1.54) is 5.56 Å². The predicted octanol–water partition coefficient (Wildman–Crippen LogP) is 3.04. The van der Waals surface area contributed by atoms with Crippen LogP contribution >= 0.6 is 15.9 Å². The van der Waals surface area contributed by atoms with Gasteiger partial charge >= 0.3 is 0 Å². The zero-order chi connectivity index (χ0) is 12.3. The van der Waals surface area contributed by atoms with Crippen LogP contribution in [0.1, 0.15) is 25.3 Å². The van der Waals surface area contributed by atoms with Crippen LogP contribution < -0.4 is 0 Å². The number of benzene rings is 1. The van der Waals surface area contributed by atoms with Gasteiger partial charge in [0, 0.05) is 24.1 Å². The lowest BCUT2D eigenvalue weighted by Gasteiger charge is -2.35. The van der Waals surface area contributed by atoms with Gasteiger partial charge in [0.1, 0.15) is 0 Å². The summed E-state index contributed by atoms with van der Waals surface area (Å²) in [5.41, 5.74) is 1.35. The fraction of sp³-hybridized carbons (Fsp3) is 0.571. The molecule has 1 fully saturated rings. The molecule has 94 valence electrons. The van der Waals surface area contributed by atoms with E-state index in [0.29, 0.717) is 5.92 Å². The van der Waals surface area contributed by atoms with E-state index < -0.39 is 0 Å². The van der Waals surface area contributed by atoms with Crippen LogP contribution in [-0.4, -0.2) is 29.2 Å². The van der Waals surface area contributed by atoms with E-state index in [1.54, 1.807) is 0 Å². The number of likely N-dealkylation sites (tertiary alicyclic amines) is 1. The molecular formula is C14H20BrNO. The van der Waals surface area contributed by atoms with Crippen molar-refractivity contribution < 1.29 is 5.11 Å². The number of hydrogen-bond donors (Lipinski definition) is 1. The van der Waals surface area contributed by atoms with Crippen molar-refractivity contribution in [2.75, 3.05) is 13.1 Å². The molecule has 0 aliphatic carbocycles. The quantitative estimate of drug-likeness (QED) is 0.927. The van der Waals surface area contributed by atoms with Crippen molar-refractivity contribution >= 4 is 15.9 Å². The van der Waals surface area contributed by atoms with Gasteiger partial charge in [-0.2, -0.15) is 0 Å². The highest BCUT2D eigenvalue weighted by Gasteiger charge is 2.25. The van der Waals surface area contributed by atoms with Crippen LogP contribution in [-0.2, 0) is 6.54 Å². The molecule has 0 radical (unpaired) electrons. The molecule has 1 saturated heterocycles. The third kappa shape index (κ3) is 3.54. The van der Waals surface area contributed by atoms with Crippen LogP contribution in [0, 0.1) is 5.92 Å².